The minimum atomic E-state index is -3.73. The van der Waals surface area contributed by atoms with E-state index < -0.39 is 22.1 Å². The summed E-state index contributed by atoms with van der Waals surface area (Å²) in [6.07, 6.45) is 1.30. The van der Waals surface area contributed by atoms with Gasteiger partial charge in [0.1, 0.15) is 5.75 Å². The van der Waals surface area contributed by atoms with Gasteiger partial charge in [-0.1, -0.05) is 30.3 Å². The molecule has 10 heteroatoms. The molecule has 2 aromatic carbocycles. The van der Waals surface area contributed by atoms with Gasteiger partial charge in [0, 0.05) is 38.1 Å². The van der Waals surface area contributed by atoms with Crippen molar-refractivity contribution >= 4 is 21.8 Å². The molecule has 2 aliphatic rings. The Morgan fingerprint density at radius 1 is 1.15 bits per heavy atom. The lowest BCUT2D eigenvalue weighted by atomic mass is 10.0. The maximum absolute atomic E-state index is 12.8. The standard InChI is InChI=1S/C24H30N4O5S/c1-33-20-8-10-21(11-9-20)34(31,32)27-18-13-22-24(30)26-15-19(28(22)16-18)7-12-23(29)25-14-17-5-3-2-4-6-17/h2-6,8-11,18-19,22,27H,7,12-16H2,1H3,(H,25,29)(H,26,30)/t18-,19-,22+/m1/s1. The van der Waals surface area contributed by atoms with Crippen molar-refractivity contribution in [1.29, 1.82) is 0 Å². The van der Waals surface area contributed by atoms with E-state index in [9.17, 15) is 18.0 Å². The van der Waals surface area contributed by atoms with Crippen LogP contribution in [0.5, 0.6) is 5.75 Å². The Morgan fingerprint density at radius 3 is 2.59 bits per heavy atom. The van der Waals surface area contributed by atoms with Crippen molar-refractivity contribution in [2.24, 2.45) is 0 Å². The number of piperazine rings is 1. The highest BCUT2D eigenvalue weighted by molar-refractivity contribution is 7.89. The Kier molecular flexibility index (Phi) is 7.50. The summed E-state index contributed by atoms with van der Waals surface area (Å²) in [4.78, 5) is 27.0. The number of carbonyl (C=O) groups is 2. The highest BCUT2D eigenvalue weighted by Gasteiger charge is 2.44. The van der Waals surface area contributed by atoms with Gasteiger partial charge in [0.25, 0.3) is 0 Å². The van der Waals surface area contributed by atoms with Crippen LogP contribution in [0.15, 0.2) is 59.5 Å². The second kappa shape index (κ2) is 10.5. The number of amides is 2. The first-order valence-corrected chi connectivity index (χ1v) is 12.8. The molecule has 4 rings (SSSR count). The normalized spacial score (nSPS) is 22.6. The van der Waals surface area contributed by atoms with Crippen molar-refractivity contribution in [3.63, 3.8) is 0 Å². The van der Waals surface area contributed by atoms with Crippen molar-refractivity contribution in [2.75, 3.05) is 20.2 Å². The summed E-state index contributed by atoms with van der Waals surface area (Å²) in [5.41, 5.74) is 1.03. The highest BCUT2D eigenvalue weighted by Crippen LogP contribution is 2.27. The molecule has 2 saturated heterocycles. The molecule has 0 radical (unpaired) electrons. The van der Waals surface area contributed by atoms with Gasteiger partial charge in [-0.2, -0.15) is 0 Å². The van der Waals surface area contributed by atoms with Crippen LogP contribution in [0.3, 0.4) is 0 Å². The van der Waals surface area contributed by atoms with Gasteiger partial charge in [0.05, 0.1) is 18.0 Å². The first-order valence-electron chi connectivity index (χ1n) is 11.4. The summed E-state index contributed by atoms with van der Waals surface area (Å²) in [7, 11) is -2.22. The number of nitrogens with one attached hydrogen (secondary N) is 3. The van der Waals surface area contributed by atoms with Gasteiger partial charge >= 0.3 is 0 Å². The van der Waals surface area contributed by atoms with Gasteiger partial charge in [-0.15, -0.1) is 0 Å². The molecule has 3 atom stereocenters. The Balaban J connectivity index is 1.33. The number of rotatable bonds is 9. The van der Waals surface area contributed by atoms with Crippen LogP contribution in [0.25, 0.3) is 0 Å². The lowest BCUT2D eigenvalue weighted by molar-refractivity contribution is -0.129. The quantitative estimate of drug-likeness (QED) is 0.487. The van der Waals surface area contributed by atoms with Gasteiger partial charge in [0.15, 0.2) is 0 Å². The molecule has 0 aromatic heterocycles. The van der Waals surface area contributed by atoms with Gasteiger partial charge < -0.3 is 15.4 Å². The van der Waals surface area contributed by atoms with Crippen molar-refractivity contribution in [3.05, 3.63) is 60.2 Å². The predicted octanol–water partition coefficient (Wildman–Crippen LogP) is 1.01. The predicted molar refractivity (Wildman–Crippen MR) is 127 cm³/mol. The second-order valence-electron chi connectivity index (χ2n) is 8.64. The Hall–Kier alpha value is -2.95. The summed E-state index contributed by atoms with van der Waals surface area (Å²) >= 11 is 0. The molecule has 0 saturated carbocycles. The smallest absolute Gasteiger partial charge is 0.240 e. The zero-order valence-electron chi connectivity index (χ0n) is 19.1. The molecule has 0 bridgehead atoms. The van der Waals surface area contributed by atoms with E-state index in [4.69, 9.17) is 4.74 Å². The van der Waals surface area contributed by atoms with E-state index in [1.54, 1.807) is 12.1 Å². The second-order valence-corrected chi connectivity index (χ2v) is 10.4. The summed E-state index contributed by atoms with van der Waals surface area (Å²) in [6.45, 7) is 1.34. The Labute approximate surface area is 199 Å². The van der Waals surface area contributed by atoms with Crippen LogP contribution in [0.1, 0.15) is 24.8 Å². The average Bonchev–Trinajstić information content (AvgIpc) is 3.27. The molecule has 9 nitrogen and oxygen atoms in total. The molecule has 2 aliphatic heterocycles. The summed E-state index contributed by atoms with van der Waals surface area (Å²) in [5.74, 6) is 0.424. The van der Waals surface area contributed by atoms with Gasteiger partial charge in [-0.3, -0.25) is 14.5 Å². The number of carbonyl (C=O) groups excluding carboxylic acids is 2. The molecule has 182 valence electrons. The summed E-state index contributed by atoms with van der Waals surface area (Å²) < 4.78 is 33.5. The lowest BCUT2D eigenvalue weighted by Crippen LogP contribution is -2.58. The zero-order valence-corrected chi connectivity index (χ0v) is 19.9. The monoisotopic (exact) mass is 486 g/mol. The molecular weight excluding hydrogens is 456 g/mol. The molecule has 2 fully saturated rings. The Bertz CT molecular complexity index is 1110. The largest absolute Gasteiger partial charge is 0.497 e. The van der Waals surface area contributed by atoms with E-state index in [2.05, 4.69) is 15.4 Å². The molecule has 2 aromatic rings. The SMILES string of the molecule is COc1ccc(S(=O)(=O)N[C@@H]2C[C@H]3C(=O)NC[C@@H](CCC(=O)NCc4ccccc4)N3C2)cc1. The molecule has 3 N–H and O–H groups in total. The third kappa shape index (κ3) is 5.75. The van der Waals surface area contributed by atoms with E-state index in [1.807, 2.05) is 35.2 Å². The van der Waals surface area contributed by atoms with Crippen LogP contribution in [-0.4, -0.2) is 63.5 Å². The molecule has 34 heavy (non-hydrogen) atoms. The Morgan fingerprint density at radius 2 is 1.88 bits per heavy atom. The van der Waals surface area contributed by atoms with Crippen molar-refractivity contribution in [2.45, 2.75) is 48.8 Å². The first-order chi connectivity index (χ1) is 16.4. The van der Waals surface area contributed by atoms with E-state index >= 15 is 0 Å². The van der Waals surface area contributed by atoms with E-state index in [0.29, 0.717) is 44.6 Å². The van der Waals surface area contributed by atoms with E-state index in [0.717, 1.165) is 5.56 Å². The van der Waals surface area contributed by atoms with E-state index in [-0.39, 0.29) is 22.8 Å². The number of hydrogen-bond donors (Lipinski definition) is 3. The fraction of sp³-hybridized carbons (Fsp3) is 0.417. The van der Waals surface area contributed by atoms with Crippen LogP contribution in [0.4, 0.5) is 0 Å². The number of hydrogen-bond acceptors (Lipinski definition) is 6. The van der Waals surface area contributed by atoms with Crippen molar-refractivity contribution < 1.29 is 22.7 Å². The minimum absolute atomic E-state index is 0.0272. The van der Waals surface area contributed by atoms with Crippen LogP contribution in [0, 0.1) is 0 Å². The van der Waals surface area contributed by atoms with Gasteiger partial charge in [0.2, 0.25) is 21.8 Å². The third-order valence-electron chi connectivity index (χ3n) is 6.35. The van der Waals surface area contributed by atoms with Crippen LogP contribution >= 0.6 is 0 Å². The van der Waals surface area contributed by atoms with Gasteiger partial charge in [-0.25, -0.2) is 13.1 Å². The van der Waals surface area contributed by atoms with Crippen LogP contribution in [-0.2, 0) is 26.2 Å². The first kappa shape index (κ1) is 24.2. The summed E-state index contributed by atoms with van der Waals surface area (Å²) in [6, 6.07) is 15.1. The maximum atomic E-state index is 12.8. The topological polar surface area (TPSA) is 117 Å². The fourth-order valence-electron chi connectivity index (χ4n) is 4.55. The molecule has 0 spiro atoms. The van der Waals surface area contributed by atoms with Crippen LogP contribution in [0.2, 0.25) is 0 Å². The molecular formula is C24H30N4O5S. The van der Waals surface area contributed by atoms with Crippen molar-refractivity contribution in [1.82, 2.24) is 20.3 Å². The highest BCUT2D eigenvalue weighted by atomic mass is 32.2. The van der Waals surface area contributed by atoms with Gasteiger partial charge in [-0.05, 0) is 42.7 Å². The number of nitrogens with zero attached hydrogens (tertiary/aromatic N) is 1. The zero-order chi connectivity index (χ0) is 24.1. The molecule has 2 amide bonds. The third-order valence-corrected chi connectivity index (χ3v) is 7.89. The number of sulfonamides is 1. The number of benzene rings is 2. The molecule has 2 heterocycles. The average molecular weight is 487 g/mol. The number of fused-ring (bicyclic) bond motifs is 1. The fourth-order valence-corrected chi connectivity index (χ4v) is 5.79. The maximum Gasteiger partial charge on any atom is 0.240 e. The van der Waals surface area contributed by atoms with E-state index in [1.165, 1.54) is 19.2 Å². The summed E-state index contributed by atoms with van der Waals surface area (Å²) in [5, 5.41) is 5.84. The number of methoxy groups -OCH3 is 1. The molecule has 0 aliphatic carbocycles. The minimum Gasteiger partial charge on any atom is -0.497 e. The van der Waals surface area contributed by atoms with Crippen LogP contribution < -0.4 is 20.1 Å². The van der Waals surface area contributed by atoms with Crippen molar-refractivity contribution in [3.8, 4) is 5.75 Å². The number of ether oxygens (including phenoxy) is 1. The molecule has 0 unspecified atom stereocenters. The lowest BCUT2D eigenvalue weighted by Gasteiger charge is -2.37.